The lowest BCUT2D eigenvalue weighted by Crippen LogP contribution is -2.40. The summed E-state index contributed by atoms with van der Waals surface area (Å²) in [5, 5.41) is 29.9. The van der Waals surface area contributed by atoms with E-state index in [9.17, 15) is 38.4 Å². The molecule has 0 aromatic carbocycles. The van der Waals surface area contributed by atoms with Gasteiger partial charge in [0.2, 0.25) is 0 Å². The van der Waals surface area contributed by atoms with Crippen LogP contribution in [0.25, 0.3) is 11.0 Å². The van der Waals surface area contributed by atoms with E-state index in [1.165, 1.54) is 13.0 Å². The van der Waals surface area contributed by atoms with Gasteiger partial charge in [0.25, 0.3) is 11.5 Å². The van der Waals surface area contributed by atoms with Crippen molar-refractivity contribution in [2.45, 2.75) is 88.7 Å². The monoisotopic (exact) mass is 520 g/mol. The van der Waals surface area contributed by atoms with Crippen LogP contribution in [0, 0.1) is 11.8 Å². The third-order valence-corrected chi connectivity index (χ3v) is 9.19. The van der Waals surface area contributed by atoms with E-state index in [2.05, 4.69) is 9.97 Å². The summed E-state index contributed by atoms with van der Waals surface area (Å²) in [4.78, 5) is 28.7. The second-order valence-electron chi connectivity index (χ2n) is 9.14. The van der Waals surface area contributed by atoms with Gasteiger partial charge in [0.1, 0.15) is 24.0 Å². The van der Waals surface area contributed by atoms with Gasteiger partial charge in [-0.1, -0.05) is 20.8 Å². The number of aliphatic hydroxyl groups is 3. The second kappa shape index (κ2) is 9.93. The van der Waals surface area contributed by atoms with Crippen molar-refractivity contribution in [3.05, 3.63) is 39.8 Å². The molecule has 3 rings (SSSR count). The highest BCUT2D eigenvalue weighted by Crippen LogP contribution is 2.60. The van der Waals surface area contributed by atoms with Gasteiger partial charge in [-0.25, -0.2) is 4.39 Å². The average molecular weight is 520 g/mol. The van der Waals surface area contributed by atoms with Gasteiger partial charge < -0.3 is 34.5 Å². The summed E-state index contributed by atoms with van der Waals surface area (Å²) in [6.45, 7) is 6.31. The van der Waals surface area contributed by atoms with Crippen LogP contribution in [0.1, 0.15) is 65.0 Å². The van der Waals surface area contributed by atoms with Crippen LogP contribution in [0.5, 0.6) is 0 Å². The van der Waals surface area contributed by atoms with Gasteiger partial charge in [0.05, 0.1) is 11.7 Å². The molecule has 196 valence electrons. The van der Waals surface area contributed by atoms with Crippen molar-refractivity contribution in [3.63, 3.8) is 0 Å². The summed E-state index contributed by atoms with van der Waals surface area (Å²) in [7, 11) is -4.53. The van der Waals surface area contributed by atoms with E-state index in [4.69, 9.17) is 9.26 Å². The Balaban J connectivity index is 1.88. The van der Waals surface area contributed by atoms with Crippen LogP contribution in [-0.2, 0) is 13.8 Å². The molecular formula is C22H31F2N2O8P. The van der Waals surface area contributed by atoms with Crippen molar-refractivity contribution in [2.24, 2.45) is 0 Å². The molecule has 1 fully saturated rings. The highest BCUT2D eigenvalue weighted by molar-refractivity contribution is 7.54. The highest BCUT2D eigenvalue weighted by atomic mass is 31.2. The number of pyridine rings is 2. The number of aromatic amines is 1. The van der Waals surface area contributed by atoms with Crippen molar-refractivity contribution in [3.8, 4) is 0 Å². The van der Waals surface area contributed by atoms with Crippen molar-refractivity contribution in [1.82, 2.24) is 9.97 Å². The van der Waals surface area contributed by atoms with E-state index >= 15 is 0 Å². The van der Waals surface area contributed by atoms with E-state index in [-0.39, 0.29) is 42.3 Å². The topological polar surface area (TPSA) is 162 Å². The van der Waals surface area contributed by atoms with Crippen molar-refractivity contribution in [2.75, 3.05) is 0 Å². The Morgan fingerprint density at radius 3 is 2.37 bits per heavy atom. The van der Waals surface area contributed by atoms with Gasteiger partial charge in [-0.05, 0) is 38.3 Å². The van der Waals surface area contributed by atoms with Crippen LogP contribution in [0.2, 0.25) is 0 Å². The zero-order valence-electron chi connectivity index (χ0n) is 19.9. The lowest BCUT2D eigenvalue weighted by molar-refractivity contribution is -0.0544. The SMILES string of the molecule is CCC(C)(CC1OC(c2cc3cc(F)c(F)nc3[nH]c2=O)C(O)C1O)OP(=O)(O)C(O)(CC)CC. The third kappa shape index (κ3) is 5.20. The number of nitrogens with zero attached hydrogens (tertiary/aromatic N) is 1. The predicted molar refractivity (Wildman–Crippen MR) is 122 cm³/mol. The van der Waals surface area contributed by atoms with E-state index in [0.717, 1.165) is 6.07 Å². The fraction of sp³-hybridized carbons (Fsp3) is 0.636. The fourth-order valence-electron chi connectivity index (χ4n) is 4.19. The van der Waals surface area contributed by atoms with Crippen molar-refractivity contribution < 1.29 is 42.8 Å². The van der Waals surface area contributed by atoms with Crippen LogP contribution in [-0.4, -0.2) is 59.4 Å². The molecule has 6 atom stereocenters. The molecule has 0 amide bonds. The Kier molecular flexibility index (Phi) is 7.88. The van der Waals surface area contributed by atoms with Gasteiger partial charge in [-0.15, -0.1) is 0 Å². The number of H-pyrrole nitrogens is 1. The first-order chi connectivity index (χ1) is 16.2. The average Bonchev–Trinajstić information content (AvgIpc) is 3.06. The van der Waals surface area contributed by atoms with Gasteiger partial charge in [0, 0.05) is 17.4 Å². The van der Waals surface area contributed by atoms with Crippen LogP contribution in [0.15, 0.2) is 16.9 Å². The number of aromatic nitrogens is 2. The minimum atomic E-state index is -4.53. The molecule has 5 N–H and O–H groups in total. The highest BCUT2D eigenvalue weighted by Gasteiger charge is 2.51. The zero-order valence-corrected chi connectivity index (χ0v) is 20.8. The molecule has 0 saturated carbocycles. The molecule has 0 bridgehead atoms. The van der Waals surface area contributed by atoms with E-state index in [1.807, 2.05) is 0 Å². The molecule has 0 radical (unpaired) electrons. The largest absolute Gasteiger partial charge is 0.388 e. The number of hydrogen-bond donors (Lipinski definition) is 5. The molecule has 0 spiro atoms. The number of nitrogens with one attached hydrogen (secondary N) is 1. The second-order valence-corrected chi connectivity index (χ2v) is 11.2. The van der Waals surface area contributed by atoms with Crippen LogP contribution in [0.3, 0.4) is 0 Å². The first kappa shape index (κ1) is 27.8. The fourth-order valence-corrected chi connectivity index (χ4v) is 5.96. The molecular weight excluding hydrogens is 489 g/mol. The van der Waals surface area contributed by atoms with Gasteiger partial charge in [-0.3, -0.25) is 9.36 Å². The van der Waals surface area contributed by atoms with Crippen LogP contribution in [0.4, 0.5) is 8.78 Å². The number of rotatable bonds is 9. The molecule has 10 nitrogen and oxygen atoms in total. The number of hydrogen-bond acceptors (Lipinski definition) is 8. The van der Waals surface area contributed by atoms with Crippen LogP contribution >= 0.6 is 7.60 Å². The Bertz CT molecular complexity index is 1190. The Morgan fingerprint density at radius 1 is 1.17 bits per heavy atom. The lowest BCUT2D eigenvalue weighted by atomic mass is 9.92. The molecule has 35 heavy (non-hydrogen) atoms. The summed E-state index contributed by atoms with van der Waals surface area (Å²) >= 11 is 0. The maximum absolute atomic E-state index is 13.6. The normalized spacial score (nSPS) is 26.6. The molecule has 1 aliphatic heterocycles. The molecule has 13 heteroatoms. The molecule has 2 aromatic heterocycles. The van der Waals surface area contributed by atoms with E-state index < -0.39 is 60.3 Å². The summed E-state index contributed by atoms with van der Waals surface area (Å²) in [6, 6.07) is 2.02. The molecule has 6 unspecified atom stereocenters. The Labute approximate surface area is 200 Å². The Morgan fingerprint density at radius 2 is 1.80 bits per heavy atom. The summed E-state index contributed by atoms with van der Waals surface area (Å²) < 4.78 is 51.3. The molecule has 3 heterocycles. The maximum atomic E-state index is 13.6. The molecule has 1 saturated heterocycles. The van der Waals surface area contributed by atoms with Crippen molar-refractivity contribution in [1.29, 1.82) is 0 Å². The molecule has 1 aliphatic rings. The molecule has 2 aromatic rings. The lowest BCUT2D eigenvalue weighted by Gasteiger charge is -2.38. The number of fused-ring (bicyclic) bond motifs is 1. The van der Waals surface area contributed by atoms with Crippen molar-refractivity contribution >= 4 is 18.6 Å². The number of ether oxygens (including phenoxy) is 1. The smallest absolute Gasteiger partial charge is 0.359 e. The quantitative estimate of drug-likeness (QED) is 0.247. The van der Waals surface area contributed by atoms with E-state index in [0.29, 0.717) is 0 Å². The number of aliphatic hydroxyl groups excluding tert-OH is 2. The Hall–Kier alpha value is -1.79. The standard InChI is InChI=1S/C22H31F2N2O8P/c1-5-21(4,34-35(31,32)22(30,6-2)7-3)10-14-15(27)16(28)17(33-14)12-8-11-9-13(23)18(24)25-19(11)26-20(12)29/h8-9,14-17,27-28,30H,5-7,10H2,1-4H3,(H,31,32)(H,25,26,29). The summed E-state index contributed by atoms with van der Waals surface area (Å²) in [5.74, 6) is -2.61. The van der Waals surface area contributed by atoms with Gasteiger partial charge >= 0.3 is 7.60 Å². The minimum absolute atomic E-state index is 0.0233. The third-order valence-electron chi connectivity index (χ3n) is 6.82. The minimum Gasteiger partial charge on any atom is -0.388 e. The zero-order chi connectivity index (χ0) is 26.3. The molecule has 0 aliphatic carbocycles. The van der Waals surface area contributed by atoms with Gasteiger partial charge in [-0.2, -0.15) is 9.37 Å². The maximum Gasteiger partial charge on any atom is 0.359 e. The summed E-state index contributed by atoms with van der Waals surface area (Å²) in [5.41, 5.74) is -2.47. The number of halogens is 2. The summed E-state index contributed by atoms with van der Waals surface area (Å²) in [6.07, 6.45) is -5.52. The van der Waals surface area contributed by atoms with Crippen LogP contribution < -0.4 is 5.56 Å². The first-order valence-electron chi connectivity index (χ1n) is 11.4. The predicted octanol–water partition coefficient (Wildman–Crippen LogP) is 2.63. The first-order valence-corrected chi connectivity index (χ1v) is 12.9. The van der Waals surface area contributed by atoms with E-state index in [1.54, 1.807) is 20.8 Å². The van der Waals surface area contributed by atoms with Gasteiger partial charge in [0.15, 0.2) is 11.2 Å².